The second kappa shape index (κ2) is 2.39. The van der Waals surface area contributed by atoms with Gasteiger partial charge in [0.1, 0.15) is 0 Å². The average molecular weight is 128 g/mol. The first-order valence-electron chi connectivity index (χ1n) is 2.67. The highest BCUT2D eigenvalue weighted by atomic mass is 16.4. The highest BCUT2D eigenvalue weighted by molar-refractivity contribution is 5.69. The largest absolute Gasteiger partial charge is 0.481 e. The van der Waals surface area contributed by atoms with Crippen molar-refractivity contribution in [3.05, 3.63) is 11.9 Å². The molecule has 1 aliphatic rings. The lowest BCUT2D eigenvalue weighted by molar-refractivity contribution is -0.136. The lowest BCUT2D eigenvalue weighted by Crippen LogP contribution is -2.15. The normalized spacial score (nSPS) is 15.8. The SMILES string of the molecule is O=C(O)CC1=CNCN1. The van der Waals surface area contributed by atoms with Gasteiger partial charge < -0.3 is 15.7 Å². The number of aliphatic carboxylic acids is 1. The second-order valence-corrected chi connectivity index (χ2v) is 1.80. The molecule has 1 aliphatic heterocycles. The Morgan fingerprint density at radius 3 is 3.11 bits per heavy atom. The zero-order valence-electron chi connectivity index (χ0n) is 4.85. The van der Waals surface area contributed by atoms with Crippen LogP contribution in [0.4, 0.5) is 0 Å². The van der Waals surface area contributed by atoms with Gasteiger partial charge in [0.2, 0.25) is 0 Å². The van der Waals surface area contributed by atoms with Crippen LogP contribution >= 0.6 is 0 Å². The van der Waals surface area contributed by atoms with Gasteiger partial charge in [0.05, 0.1) is 13.1 Å². The van der Waals surface area contributed by atoms with Crippen molar-refractivity contribution in [2.45, 2.75) is 6.42 Å². The fraction of sp³-hybridized carbons (Fsp3) is 0.400. The molecule has 0 radical (unpaired) electrons. The van der Waals surface area contributed by atoms with Crippen LogP contribution in [0.3, 0.4) is 0 Å². The van der Waals surface area contributed by atoms with E-state index >= 15 is 0 Å². The average Bonchev–Trinajstić information content (AvgIpc) is 2.15. The number of nitrogens with one attached hydrogen (secondary N) is 2. The Morgan fingerprint density at radius 1 is 1.89 bits per heavy atom. The van der Waals surface area contributed by atoms with Crippen LogP contribution in [0, 0.1) is 0 Å². The summed E-state index contributed by atoms with van der Waals surface area (Å²) in [6.07, 6.45) is 1.75. The minimum atomic E-state index is -0.808. The Bertz CT molecular complexity index is 153. The van der Waals surface area contributed by atoms with Crippen molar-refractivity contribution in [1.29, 1.82) is 0 Å². The summed E-state index contributed by atoms with van der Waals surface area (Å²) < 4.78 is 0. The fourth-order valence-corrected chi connectivity index (χ4v) is 0.666. The summed E-state index contributed by atoms with van der Waals surface area (Å²) in [5.41, 5.74) is 0.738. The van der Waals surface area contributed by atoms with Crippen LogP contribution in [-0.2, 0) is 4.79 Å². The van der Waals surface area contributed by atoms with Gasteiger partial charge >= 0.3 is 5.97 Å². The van der Waals surface area contributed by atoms with Gasteiger partial charge in [0.15, 0.2) is 0 Å². The van der Waals surface area contributed by atoms with Gasteiger partial charge in [-0.3, -0.25) is 4.79 Å². The van der Waals surface area contributed by atoms with Gasteiger partial charge in [-0.25, -0.2) is 0 Å². The molecule has 0 aromatic rings. The number of carbonyl (C=O) groups is 1. The maximum absolute atomic E-state index is 10.0. The standard InChI is InChI=1S/C5H8N2O2/c8-5(9)1-4-2-6-3-7-4/h2,6-7H,1,3H2,(H,8,9). The maximum atomic E-state index is 10.0. The van der Waals surface area contributed by atoms with E-state index in [0.717, 1.165) is 5.70 Å². The molecule has 0 unspecified atom stereocenters. The van der Waals surface area contributed by atoms with Gasteiger partial charge in [0, 0.05) is 11.9 Å². The van der Waals surface area contributed by atoms with Crippen LogP contribution in [0.5, 0.6) is 0 Å². The number of hydrogen-bond donors (Lipinski definition) is 3. The van der Waals surface area contributed by atoms with Crippen LogP contribution in [0.2, 0.25) is 0 Å². The smallest absolute Gasteiger partial charge is 0.309 e. The van der Waals surface area contributed by atoms with E-state index in [4.69, 9.17) is 5.11 Å². The van der Waals surface area contributed by atoms with Gasteiger partial charge in [-0.15, -0.1) is 0 Å². The zero-order valence-corrected chi connectivity index (χ0v) is 4.85. The third-order valence-electron chi connectivity index (χ3n) is 1.04. The van der Waals surface area contributed by atoms with Crippen LogP contribution in [-0.4, -0.2) is 17.7 Å². The van der Waals surface area contributed by atoms with Gasteiger partial charge in [-0.05, 0) is 0 Å². The Kier molecular flexibility index (Phi) is 1.58. The number of carboxylic acid groups (broad SMARTS) is 1. The molecule has 0 aromatic carbocycles. The first-order chi connectivity index (χ1) is 4.29. The van der Waals surface area contributed by atoms with E-state index in [0.29, 0.717) is 6.67 Å². The molecule has 50 valence electrons. The van der Waals surface area contributed by atoms with Gasteiger partial charge in [-0.2, -0.15) is 0 Å². The molecule has 1 heterocycles. The lowest BCUT2D eigenvalue weighted by atomic mass is 10.3. The van der Waals surface area contributed by atoms with Crippen molar-refractivity contribution in [2.24, 2.45) is 0 Å². The van der Waals surface area contributed by atoms with Crippen molar-refractivity contribution in [3.63, 3.8) is 0 Å². The molecule has 4 heteroatoms. The maximum Gasteiger partial charge on any atom is 0.309 e. The van der Waals surface area contributed by atoms with E-state index in [-0.39, 0.29) is 6.42 Å². The monoisotopic (exact) mass is 128 g/mol. The summed E-state index contributed by atoms with van der Waals surface area (Å²) in [5.74, 6) is -0.808. The molecule has 0 aromatic heterocycles. The quantitative estimate of drug-likeness (QED) is 0.467. The topological polar surface area (TPSA) is 61.4 Å². The minimum Gasteiger partial charge on any atom is -0.481 e. The molecule has 1 rings (SSSR count). The highest BCUT2D eigenvalue weighted by Crippen LogP contribution is 1.97. The molecule has 3 N–H and O–H groups in total. The Hall–Kier alpha value is -1.19. The summed E-state index contributed by atoms with van der Waals surface area (Å²) in [7, 11) is 0. The summed E-state index contributed by atoms with van der Waals surface area (Å²) >= 11 is 0. The van der Waals surface area contributed by atoms with Crippen molar-refractivity contribution < 1.29 is 9.90 Å². The number of carboxylic acids is 1. The summed E-state index contributed by atoms with van der Waals surface area (Å²) in [6.45, 7) is 0.641. The fourth-order valence-electron chi connectivity index (χ4n) is 0.666. The molecular weight excluding hydrogens is 120 g/mol. The first-order valence-corrected chi connectivity index (χ1v) is 2.67. The molecule has 0 aliphatic carbocycles. The van der Waals surface area contributed by atoms with Gasteiger partial charge in [0.25, 0.3) is 0 Å². The number of hydrogen-bond acceptors (Lipinski definition) is 3. The van der Waals surface area contributed by atoms with E-state index in [1.165, 1.54) is 0 Å². The molecule has 0 saturated heterocycles. The van der Waals surface area contributed by atoms with Crippen LogP contribution in [0.15, 0.2) is 11.9 Å². The third-order valence-corrected chi connectivity index (χ3v) is 1.04. The summed E-state index contributed by atoms with van der Waals surface area (Å²) in [4.78, 5) is 10.0. The lowest BCUT2D eigenvalue weighted by Gasteiger charge is -1.95. The van der Waals surface area contributed by atoms with Crippen LogP contribution in [0.25, 0.3) is 0 Å². The molecule has 0 saturated carbocycles. The van der Waals surface area contributed by atoms with E-state index < -0.39 is 5.97 Å². The Labute approximate surface area is 52.6 Å². The molecule has 0 atom stereocenters. The second-order valence-electron chi connectivity index (χ2n) is 1.80. The molecular formula is C5H8N2O2. The zero-order chi connectivity index (χ0) is 6.69. The van der Waals surface area contributed by atoms with E-state index in [9.17, 15) is 4.79 Å². The van der Waals surface area contributed by atoms with E-state index in [1.807, 2.05) is 0 Å². The number of rotatable bonds is 2. The Balaban J connectivity index is 2.35. The third kappa shape index (κ3) is 1.64. The first kappa shape index (κ1) is 5.94. The van der Waals surface area contributed by atoms with Gasteiger partial charge in [-0.1, -0.05) is 0 Å². The van der Waals surface area contributed by atoms with Crippen molar-refractivity contribution >= 4 is 5.97 Å². The molecule has 4 nitrogen and oxygen atoms in total. The van der Waals surface area contributed by atoms with Crippen molar-refractivity contribution in [3.8, 4) is 0 Å². The van der Waals surface area contributed by atoms with Crippen molar-refractivity contribution in [2.75, 3.05) is 6.67 Å². The van der Waals surface area contributed by atoms with Crippen LogP contribution < -0.4 is 10.6 Å². The summed E-state index contributed by atoms with van der Waals surface area (Å²) in [5, 5.41) is 14.0. The molecule has 0 amide bonds. The van der Waals surface area contributed by atoms with E-state index in [1.54, 1.807) is 6.20 Å². The predicted octanol–water partition coefficient (Wildman–Crippen LogP) is -0.547. The molecule has 9 heavy (non-hydrogen) atoms. The molecule has 0 bridgehead atoms. The molecule has 0 fully saturated rings. The molecule has 0 spiro atoms. The van der Waals surface area contributed by atoms with E-state index in [2.05, 4.69) is 10.6 Å². The predicted molar refractivity (Wildman–Crippen MR) is 31.5 cm³/mol. The van der Waals surface area contributed by atoms with Crippen molar-refractivity contribution in [1.82, 2.24) is 10.6 Å². The summed E-state index contributed by atoms with van der Waals surface area (Å²) in [6, 6.07) is 0. The minimum absolute atomic E-state index is 0.0764. The highest BCUT2D eigenvalue weighted by Gasteiger charge is 2.05. The van der Waals surface area contributed by atoms with Crippen LogP contribution in [0.1, 0.15) is 6.42 Å². The Morgan fingerprint density at radius 2 is 2.67 bits per heavy atom.